The second kappa shape index (κ2) is 18.2. The molecule has 1 heterocycles. The molecular formula is C40H44N6O5S. The number of aliphatic hydroxyl groups excluding tert-OH is 1. The van der Waals surface area contributed by atoms with Gasteiger partial charge in [-0.3, -0.25) is 9.59 Å². The topological polar surface area (TPSA) is 176 Å². The quantitative estimate of drug-likeness (QED) is 0.0830. The summed E-state index contributed by atoms with van der Waals surface area (Å²) in [5, 5.41) is 19.6. The lowest BCUT2D eigenvalue weighted by molar-refractivity contribution is -0.120. The average Bonchev–Trinajstić information content (AvgIpc) is 3.15. The molecule has 0 saturated heterocycles. The predicted octanol–water partition coefficient (Wildman–Crippen LogP) is 4.19. The van der Waals surface area contributed by atoms with Crippen LogP contribution in [0.4, 0.5) is 5.82 Å². The molecule has 0 aliphatic heterocycles. The fourth-order valence-corrected chi connectivity index (χ4v) is 6.61. The summed E-state index contributed by atoms with van der Waals surface area (Å²) in [6, 6.07) is 34.1. The van der Waals surface area contributed by atoms with Crippen molar-refractivity contribution in [3.8, 4) is 0 Å². The standard InChI is InChI=1S/C40H44N6O5S/c1-28(42-27-37(47)35-17-18-38(41)43-26-35)19-31-9-5-10-32(20-31)22-39(48)44-23-30-13-15-34(16-14-30)40(49)45-24-33-11-6-12-36(21-33)52(50,51)46-25-29-7-3-2-4-8-29/h2-18,20-21,26,28,37,42,46-47H,19,22-25,27H2,1H3,(H2,41,43)(H,44,48)(H,45,49)/t28-,37-/m1/s1. The van der Waals surface area contributed by atoms with Gasteiger partial charge in [-0.25, -0.2) is 18.1 Å². The highest BCUT2D eigenvalue weighted by Gasteiger charge is 2.15. The molecule has 0 saturated carbocycles. The van der Waals surface area contributed by atoms with Gasteiger partial charge in [0, 0.05) is 49.5 Å². The van der Waals surface area contributed by atoms with E-state index in [9.17, 15) is 23.1 Å². The van der Waals surface area contributed by atoms with Gasteiger partial charge in [-0.2, -0.15) is 0 Å². The molecule has 2 atom stereocenters. The van der Waals surface area contributed by atoms with Gasteiger partial charge in [0.2, 0.25) is 15.9 Å². The number of sulfonamides is 1. The summed E-state index contributed by atoms with van der Waals surface area (Å²) >= 11 is 0. The van der Waals surface area contributed by atoms with Gasteiger partial charge >= 0.3 is 0 Å². The van der Waals surface area contributed by atoms with Gasteiger partial charge in [0.25, 0.3) is 5.91 Å². The van der Waals surface area contributed by atoms with Gasteiger partial charge in [-0.1, -0.05) is 84.9 Å². The molecule has 12 heteroatoms. The van der Waals surface area contributed by atoms with Gasteiger partial charge in [0.1, 0.15) is 5.82 Å². The number of pyridine rings is 1. The van der Waals surface area contributed by atoms with Gasteiger partial charge in [-0.05, 0) is 71.5 Å². The Balaban J connectivity index is 1.04. The number of anilines is 1. The van der Waals surface area contributed by atoms with Crippen molar-refractivity contribution >= 4 is 27.7 Å². The zero-order valence-electron chi connectivity index (χ0n) is 29.0. The van der Waals surface area contributed by atoms with Crippen LogP contribution in [0.25, 0.3) is 0 Å². The maximum atomic E-state index is 12.8. The van der Waals surface area contributed by atoms with Crippen molar-refractivity contribution in [1.29, 1.82) is 0 Å². The number of hydrogen-bond donors (Lipinski definition) is 6. The summed E-state index contributed by atoms with van der Waals surface area (Å²) in [5.74, 6) is -0.0134. The summed E-state index contributed by atoms with van der Waals surface area (Å²) in [7, 11) is -3.73. The first-order chi connectivity index (χ1) is 25.0. The van der Waals surface area contributed by atoms with Crippen LogP contribution in [0.1, 0.15) is 56.8 Å². The van der Waals surface area contributed by atoms with Crippen LogP contribution >= 0.6 is 0 Å². The number of hydrogen-bond acceptors (Lipinski definition) is 8. The molecule has 1 aromatic heterocycles. The first-order valence-electron chi connectivity index (χ1n) is 17.0. The number of aromatic nitrogens is 1. The zero-order chi connectivity index (χ0) is 36.9. The lowest BCUT2D eigenvalue weighted by Crippen LogP contribution is -2.32. The van der Waals surface area contributed by atoms with Crippen molar-refractivity contribution in [2.45, 2.75) is 56.4 Å². The number of benzene rings is 4. The maximum Gasteiger partial charge on any atom is 0.251 e. The Bertz CT molecular complexity index is 2040. The second-order valence-corrected chi connectivity index (χ2v) is 14.4. The molecule has 11 nitrogen and oxygen atoms in total. The molecule has 0 bridgehead atoms. The first kappa shape index (κ1) is 37.8. The van der Waals surface area contributed by atoms with Crippen LogP contribution in [-0.2, 0) is 47.3 Å². The molecule has 5 aromatic rings. The Morgan fingerprint density at radius 2 is 1.42 bits per heavy atom. The van der Waals surface area contributed by atoms with Crippen LogP contribution in [0.2, 0.25) is 0 Å². The Kier molecular flexibility index (Phi) is 13.2. The summed E-state index contributed by atoms with van der Waals surface area (Å²) in [6.07, 6.45) is 1.83. The summed E-state index contributed by atoms with van der Waals surface area (Å²) in [5.41, 5.74) is 11.1. The largest absolute Gasteiger partial charge is 0.387 e. The number of nitrogens with one attached hydrogen (secondary N) is 4. The predicted molar refractivity (Wildman–Crippen MR) is 201 cm³/mol. The van der Waals surface area contributed by atoms with E-state index in [1.165, 1.54) is 6.07 Å². The van der Waals surface area contributed by atoms with E-state index in [2.05, 4.69) is 25.7 Å². The van der Waals surface area contributed by atoms with Gasteiger partial charge in [-0.15, -0.1) is 0 Å². The lowest BCUT2D eigenvalue weighted by Gasteiger charge is -2.18. The van der Waals surface area contributed by atoms with E-state index in [0.717, 1.165) is 28.7 Å². The molecule has 52 heavy (non-hydrogen) atoms. The zero-order valence-corrected chi connectivity index (χ0v) is 29.8. The van der Waals surface area contributed by atoms with E-state index < -0.39 is 16.1 Å². The van der Waals surface area contributed by atoms with Gasteiger partial charge in [0.05, 0.1) is 17.4 Å². The fourth-order valence-electron chi connectivity index (χ4n) is 5.52. The third-order valence-corrected chi connectivity index (χ3v) is 9.83. The smallest absolute Gasteiger partial charge is 0.251 e. The second-order valence-electron chi connectivity index (χ2n) is 12.7. The summed E-state index contributed by atoms with van der Waals surface area (Å²) in [6.45, 7) is 3.06. The number of aliphatic hydroxyl groups is 1. The molecule has 270 valence electrons. The molecule has 0 fully saturated rings. The lowest BCUT2D eigenvalue weighted by atomic mass is 10.0. The monoisotopic (exact) mass is 720 g/mol. The van der Waals surface area contributed by atoms with Crippen molar-refractivity contribution in [3.63, 3.8) is 0 Å². The van der Waals surface area contributed by atoms with E-state index >= 15 is 0 Å². The van der Waals surface area contributed by atoms with Crippen LogP contribution in [0, 0.1) is 0 Å². The number of nitrogens with zero attached hydrogens (tertiary/aromatic N) is 1. The number of amides is 2. The van der Waals surface area contributed by atoms with Crippen LogP contribution in [0.15, 0.2) is 126 Å². The van der Waals surface area contributed by atoms with Crippen molar-refractivity contribution in [2.24, 2.45) is 0 Å². The fraction of sp³-hybridized carbons (Fsp3) is 0.225. The van der Waals surface area contributed by atoms with E-state index in [1.54, 1.807) is 60.8 Å². The van der Waals surface area contributed by atoms with Gasteiger partial charge < -0.3 is 26.8 Å². The SMILES string of the molecule is C[C@H](Cc1cccc(CC(=O)NCc2ccc(C(=O)NCc3cccc(S(=O)(=O)NCc4ccccc4)c3)cc2)c1)NC[C@@H](O)c1ccc(N)nc1. The molecular weight excluding hydrogens is 677 g/mol. The maximum absolute atomic E-state index is 12.8. The Morgan fingerprint density at radius 1 is 0.750 bits per heavy atom. The molecule has 0 aliphatic carbocycles. The highest BCUT2D eigenvalue weighted by molar-refractivity contribution is 7.89. The van der Waals surface area contributed by atoms with Gasteiger partial charge in [0.15, 0.2) is 0 Å². The molecule has 4 aromatic carbocycles. The molecule has 0 unspecified atom stereocenters. The van der Waals surface area contributed by atoms with Crippen LogP contribution in [0.5, 0.6) is 0 Å². The summed E-state index contributed by atoms with van der Waals surface area (Å²) in [4.78, 5) is 29.8. The molecule has 2 amide bonds. The number of carbonyl (C=O) groups is 2. The van der Waals surface area contributed by atoms with Crippen molar-refractivity contribution in [1.82, 2.24) is 25.7 Å². The van der Waals surface area contributed by atoms with E-state index in [1.807, 2.05) is 61.5 Å². The number of carbonyl (C=O) groups excluding carboxylic acids is 2. The third-order valence-electron chi connectivity index (χ3n) is 8.43. The first-order valence-corrected chi connectivity index (χ1v) is 18.5. The van der Waals surface area contributed by atoms with Crippen molar-refractivity contribution in [3.05, 3.63) is 160 Å². The van der Waals surface area contributed by atoms with E-state index in [4.69, 9.17) is 5.73 Å². The van der Waals surface area contributed by atoms with Crippen molar-refractivity contribution < 1.29 is 23.1 Å². The average molecular weight is 721 g/mol. The summed E-state index contributed by atoms with van der Waals surface area (Å²) < 4.78 is 28.3. The Morgan fingerprint density at radius 3 is 2.17 bits per heavy atom. The molecule has 5 rings (SSSR count). The minimum atomic E-state index is -3.73. The molecule has 0 spiro atoms. The highest BCUT2D eigenvalue weighted by atomic mass is 32.2. The normalized spacial score (nSPS) is 12.5. The van der Waals surface area contributed by atoms with E-state index in [-0.39, 0.29) is 42.3 Å². The Hall–Kier alpha value is -5.40. The molecule has 0 radical (unpaired) electrons. The minimum absolute atomic E-state index is 0.0912. The number of nitrogen functional groups attached to an aromatic ring is 1. The van der Waals surface area contributed by atoms with Crippen LogP contribution in [0.3, 0.4) is 0 Å². The Labute approximate surface area is 304 Å². The minimum Gasteiger partial charge on any atom is -0.387 e. The van der Waals surface area contributed by atoms with Crippen molar-refractivity contribution in [2.75, 3.05) is 12.3 Å². The highest BCUT2D eigenvalue weighted by Crippen LogP contribution is 2.15. The molecule has 7 N–H and O–H groups in total. The van der Waals surface area contributed by atoms with Crippen LogP contribution < -0.4 is 26.4 Å². The molecule has 0 aliphatic rings. The third kappa shape index (κ3) is 11.6. The van der Waals surface area contributed by atoms with E-state index in [0.29, 0.717) is 35.6 Å². The number of rotatable bonds is 17. The number of nitrogens with two attached hydrogens (primary N) is 1. The van der Waals surface area contributed by atoms with Crippen LogP contribution in [-0.4, -0.2) is 42.9 Å².